The first kappa shape index (κ1) is 16.7. The molecule has 0 unspecified atom stereocenters. The molecule has 0 aliphatic carbocycles. The van der Waals surface area contributed by atoms with E-state index < -0.39 is 5.82 Å². The SMILES string of the molecule is COc1ccc(-n2c(Nc3cccnc3)nc3ccc(F)cc3c2=O)cc1. The van der Waals surface area contributed by atoms with Crippen LogP contribution in [0.5, 0.6) is 5.75 Å². The lowest BCUT2D eigenvalue weighted by atomic mass is 10.2. The maximum atomic E-state index is 13.7. The van der Waals surface area contributed by atoms with Crippen LogP contribution in [-0.2, 0) is 0 Å². The topological polar surface area (TPSA) is 69.0 Å². The number of rotatable bonds is 4. The normalized spacial score (nSPS) is 10.7. The molecule has 0 radical (unpaired) electrons. The number of pyridine rings is 1. The Labute approximate surface area is 153 Å². The van der Waals surface area contributed by atoms with Gasteiger partial charge in [0, 0.05) is 6.20 Å². The summed E-state index contributed by atoms with van der Waals surface area (Å²) in [7, 11) is 1.57. The smallest absolute Gasteiger partial charge is 0.267 e. The minimum Gasteiger partial charge on any atom is -0.497 e. The quantitative estimate of drug-likeness (QED) is 0.600. The van der Waals surface area contributed by atoms with Crippen molar-refractivity contribution in [2.24, 2.45) is 0 Å². The van der Waals surface area contributed by atoms with Crippen LogP contribution in [0.15, 0.2) is 71.8 Å². The van der Waals surface area contributed by atoms with Gasteiger partial charge in [0.25, 0.3) is 5.56 Å². The standard InChI is InChI=1S/C20H15FN4O2/c1-27-16-7-5-15(6-8-16)25-19(26)17-11-13(21)4-9-18(17)24-20(25)23-14-3-2-10-22-12-14/h2-12H,1H3,(H,23,24). The number of hydrogen-bond donors (Lipinski definition) is 1. The van der Waals surface area contributed by atoms with Crippen molar-refractivity contribution in [2.45, 2.75) is 0 Å². The maximum Gasteiger partial charge on any atom is 0.267 e. The summed E-state index contributed by atoms with van der Waals surface area (Å²) in [5.41, 5.74) is 1.27. The molecule has 0 aliphatic rings. The van der Waals surface area contributed by atoms with E-state index >= 15 is 0 Å². The lowest BCUT2D eigenvalue weighted by molar-refractivity contribution is 0.414. The Morgan fingerprint density at radius 1 is 1.11 bits per heavy atom. The van der Waals surface area contributed by atoms with Crippen molar-refractivity contribution in [3.63, 3.8) is 0 Å². The number of halogens is 1. The number of fused-ring (bicyclic) bond motifs is 1. The second kappa shape index (κ2) is 6.87. The molecule has 7 heteroatoms. The van der Waals surface area contributed by atoms with E-state index in [-0.39, 0.29) is 10.9 Å². The van der Waals surface area contributed by atoms with Gasteiger partial charge < -0.3 is 10.1 Å². The molecule has 0 saturated carbocycles. The Hall–Kier alpha value is -3.74. The van der Waals surface area contributed by atoms with Crippen molar-refractivity contribution in [1.82, 2.24) is 14.5 Å². The third-order valence-electron chi connectivity index (χ3n) is 4.08. The number of aromatic nitrogens is 3. The van der Waals surface area contributed by atoms with Crippen LogP contribution >= 0.6 is 0 Å². The molecule has 134 valence electrons. The van der Waals surface area contributed by atoms with E-state index in [0.717, 1.165) is 0 Å². The maximum absolute atomic E-state index is 13.7. The third-order valence-corrected chi connectivity index (χ3v) is 4.08. The molecule has 0 saturated heterocycles. The molecule has 2 aromatic carbocycles. The average Bonchev–Trinajstić information content (AvgIpc) is 2.70. The first-order valence-electron chi connectivity index (χ1n) is 8.19. The largest absolute Gasteiger partial charge is 0.497 e. The summed E-state index contributed by atoms with van der Waals surface area (Å²) in [5.74, 6) is 0.473. The Morgan fingerprint density at radius 2 is 1.93 bits per heavy atom. The molecule has 1 N–H and O–H groups in total. The van der Waals surface area contributed by atoms with Crippen molar-refractivity contribution in [3.8, 4) is 11.4 Å². The molecule has 0 bridgehead atoms. The molecular weight excluding hydrogens is 347 g/mol. The third kappa shape index (κ3) is 3.22. The first-order chi connectivity index (χ1) is 13.2. The van der Waals surface area contributed by atoms with Crippen LogP contribution in [0.1, 0.15) is 0 Å². The zero-order chi connectivity index (χ0) is 18.8. The van der Waals surface area contributed by atoms with Gasteiger partial charge in [-0.25, -0.2) is 13.9 Å². The average molecular weight is 362 g/mol. The summed E-state index contributed by atoms with van der Waals surface area (Å²) in [6.07, 6.45) is 3.28. The molecule has 2 aromatic heterocycles. The van der Waals surface area contributed by atoms with E-state index in [9.17, 15) is 9.18 Å². The lowest BCUT2D eigenvalue weighted by Gasteiger charge is -2.15. The summed E-state index contributed by atoms with van der Waals surface area (Å²) in [6.45, 7) is 0. The molecule has 4 aromatic rings. The number of benzene rings is 2. The minimum atomic E-state index is -0.490. The van der Waals surface area contributed by atoms with Crippen molar-refractivity contribution >= 4 is 22.5 Å². The molecule has 2 heterocycles. The summed E-state index contributed by atoms with van der Waals surface area (Å²) >= 11 is 0. The number of nitrogens with one attached hydrogen (secondary N) is 1. The number of anilines is 2. The van der Waals surface area contributed by atoms with E-state index in [2.05, 4.69) is 15.3 Å². The monoisotopic (exact) mass is 362 g/mol. The second-order valence-electron chi connectivity index (χ2n) is 5.80. The van der Waals surface area contributed by atoms with Gasteiger partial charge in [0.15, 0.2) is 0 Å². The van der Waals surface area contributed by atoms with Gasteiger partial charge in [-0.2, -0.15) is 0 Å². The Morgan fingerprint density at radius 3 is 2.63 bits per heavy atom. The molecule has 0 atom stereocenters. The van der Waals surface area contributed by atoms with Gasteiger partial charge in [-0.3, -0.25) is 9.78 Å². The predicted molar refractivity (Wildman–Crippen MR) is 101 cm³/mol. The van der Waals surface area contributed by atoms with Gasteiger partial charge in [-0.05, 0) is 54.6 Å². The van der Waals surface area contributed by atoms with Crippen LogP contribution in [0.3, 0.4) is 0 Å². The highest BCUT2D eigenvalue weighted by atomic mass is 19.1. The zero-order valence-corrected chi connectivity index (χ0v) is 14.4. The molecule has 6 nitrogen and oxygen atoms in total. The summed E-state index contributed by atoms with van der Waals surface area (Å²) in [6, 6.07) is 14.5. The Kier molecular flexibility index (Phi) is 4.25. The molecule has 0 aliphatic heterocycles. The van der Waals surface area contributed by atoms with Gasteiger partial charge in [0.2, 0.25) is 5.95 Å². The van der Waals surface area contributed by atoms with Gasteiger partial charge in [0.05, 0.1) is 35.6 Å². The second-order valence-corrected chi connectivity index (χ2v) is 5.80. The highest BCUT2D eigenvalue weighted by molar-refractivity contribution is 5.80. The van der Waals surface area contributed by atoms with Crippen molar-refractivity contribution in [2.75, 3.05) is 12.4 Å². The highest BCUT2D eigenvalue weighted by Gasteiger charge is 2.14. The number of ether oxygens (including phenoxy) is 1. The lowest BCUT2D eigenvalue weighted by Crippen LogP contribution is -2.23. The fourth-order valence-electron chi connectivity index (χ4n) is 2.78. The highest BCUT2D eigenvalue weighted by Crippen LogP contribution is 2.21. The van der Waals surface area contributed by atoms with Gasteiger partial charge in [-0.15, -0.1) is 0 Å². The molecule has 27 heavy (non-hydrogen) atoms. The van der Waals surface area contributed by atoms with Gasteiger partial charge in [0.1, 0.15) is 11.6 Å². The Bertz CT molecular complexity index is 1160. The van der Waals surface area contributed by atoms with Crippen LogP contribution in [0, 0.1) is 5.82 Å². The van der Waals surface area contributed by atoms with Crippen LogP contribution < -0.4 is 15.6 Å². The van der Waals surface area contributed by atoms with Crippen molar-refractivity contribution in [1.29, 1.82) is 0 Å². The van der Waals surface area contributed by atoms with E-state index in [1.165, 1.54) is 22.8 Å². The molecule has 4 rings (SSSR count). The summed E-state index contributed by atoms with van der Waals surface area (Å²) in [5, 5.41) is 3.31. The minimum absolute atomic E-state index is 0.197. The number of nitrogens with zero attached hydrogens (tertiary/aromatic N) is 3. The fraction of sp³-hybridized carbons (Fsp3) is 0.0500. The first-order valence-corrected chi connectivity index (χ1v) is 8.19. The number of hydrogen-bond acceptors (Lipinski definition) is 5. The summed E-state index contributed by atoms with van der Waals surface area (Å²) < 4.78 is 20.2. The van der Waals surface area contributed by atoms with E-state index in [1.807, 2.05) is 6.07 Å². The molecular formula is C20H15FN4O2. The van der Waals surface area contributed by atoms with Gasteiger partial charge in [-0.1, -0.05) is 0 Å². The summed E-state index contributed by atoms with van der Waals surface area (Å²) in [4.78, 5) is 21.7. The van der Waals surface area contributed by atoms with Crippen LogP contribution in [-0.4, -0.2) is 21.6 Å². The van der Waals surface area contributed by atoms with Crippen LogP contribution in [0.4, 0.5) is 16.0 Å². The van der Waals surface area contributed by atoms with Gasteiger partial charge >= 0.3 is 0 Å². The fourth-order valence-corrected chi connectivity index (χ4v) is 2.78. The van der Waals surface area contributed by atoms with E-state index in [1.54, 1.807) is 49.8 Å². The van der Waals surface area contributed by atoms with E-state index in [4.69, 9.17) is 4.74 Å². The molecule has 0 spiro atoms. The zero-order valence-electron chi connectivity index (χ0n) is 14.4. The predicted octanol–water partition coefficient (Wildman–Crippen LogP) is 3.67. The van der Waals surface area contributed by atoms with E-state index in [0.29, 0.717) is 28.6 Å². The van der Waals surface area contributed by atoms with Crippen LogP contribution in [0.2, 0.25) is 0 Å². The van der Waals surface area contributed by atoms with Crippen molar-refractivity contribution in [3.05, 3.63) is 83.2 Å². The van der Waals surface area contributed by atoms with Crippen molar-refractivity contribution < 1.29 is 9.13 Å². The molecule has 0 fully saturated rings. The Balaban J connectivity index is 1.95. The van der Waals surface area contributed by atoms with Crippen LogP contribution in [0.25, 0.3) is 16.6 Å². The number of methoxy groups -OCH3 is 1. The molecule has 0 amide bonds.